The van der Waals surface area contributed by atoms with E-state index >= 15 is 0 Å². The molecule has 0 fully saturated rings. The maximum absolute atomic E-state index is 10.9. The van der Waals surface area contributed by atoms with Gasteiger partial charge in [-0.05, 0) is 12.8 Å². The Balaban J connectivity index is 4.13. The Bertz CT molecular complexity index is 168. The number of methoxy groups -OCH3 is 1. The lowest BCUT2D eigenvalue weighted by Crippen LogP contribution is -2.03. The number of hydrogen-bond acceptors (Lipinski definition) is 2. The second-order valence-corrected chi connectivity index (χ2v) is 2.10. The molecule has 62 valence electrons. The van der Waals surface area contributed by atoms with Gasteiger partial charge in [0.2, 0.25) is 0 Å². The van der Waals surface area contributed by atoms with E-state index in [1.165, 1.54) is 7.11 Å². The summed E-state index contributed by atoms with van der Waals surface area (Å²) >= 11 is 0. The molecule has 0 aromatic carbocycles. The third-order valence-electron chi connectivity index (χ3n) is 1.36. The van der Waals surface area contributed by atoms with Crippen LogP contribution in [0.3, 0.4) is 0 Å². The summed E-state index contributed by atoms with van der Waals surface area (Å²) in [6.07, 6.45) is 5.01. The molecule has 0 aliphatic heterocycles. The molecule has 0 saturated carbocycles. The molecular weight excluding hydrogens is 140 g/mol. The molecule has 0 spiro atoms. The summed E-state index contributed by atoms with van der Waals surface area (Å²) < 4.78 is 4.56. The van der Waals surface area contributed by atoms with Crippen molar-refractivity contribution in [1.82, 2.24) is 0 Å². The first-order valence-corrected chi connectivity index (χ1v) is 3.64. The Labute approximate surface area is 67.6 Å². The second kappa shape index (κ2) is 5.71. The second-order valence-electron chi connectivity index (χ2n) is 2.10. The minimum atomic E-state index is -0.241. The highest BCUT2D eigenvalue weighted by molar-refractivity contribution is 5.88. The Hall–Kier alpha value is -1.05. The molecule has 2 heteroatoms. The molecule has 0 aliphatic rings. The molecule has 0 aromatic rings. The highest BCUT2D eigenvalue weighted by Gasteiger charge is 2.04. The van der Waals surface area contributed by atoms with E-state index < -0.39 is 0 Å². The van der Waals surface area contributed by atoms with Crippen molar-refractivity contribution < 1.29 is 9.53 Å². The molecule has 0 heterocycles. The van der Waals surface area contributed by atoms with Crippen LogP contribution in [-0.4, -0.2) is 13.1 Å². The molecule has 0 unspecified atom stereocenters. The summed E-state index contributed by atoms with van der Waals surface area (Å²) in [5.74, 6) is -0.241. The van der Waals surface area contributed by atoms with Gasteiger partial charge in [-0.25, -0.2) is 4.79 Å². The molecule has 0 saturated heterocycles. The van der Waals surface area contributed by atoms with E-state index in [2.05, 4.69) is 11.3 Å². The summed E-state index contributed by atoms with van der Waals surface area (Å²) in [5, 5.41) is 0. The predicted molar refractivity (Wildman–Crippen MR) is 45.2 cm³/mol. The lowest BCUT2D eigenvalue weighted by atomic mass is 10.2. The third-order valence-corrected chi connectivity index (χ3v) is 1.36. The van der Waals surface area contributed by atoms with Crippen molar-refractivity contribution >= 4 is 5.97 Å². The minimum absolute atomic E-state index is 0.241. The zero-order valence-corrected chi connectivity index (χ0v) is 7.09. The topological polar surface area (TPSA) is 26.3 Å². The number of carbonyl (C=O) groups excluding carboxylic acids is 1. The van der Waals surface area contributed by atoms with Crippen LogP contribution in [0.4, 0.5) is 0 Å². The highest BCUT2D eigenvalue weighted by Crippen LogP contribution is 2.04. The SMILES string of the molecule is C=CCC=C(CC)C(=O)OC. The van der Waals surface area contributed by atoms with Crippen molar-refractivity contribution in [3.63, 3.8) is 0 Å². The van der Waals surface area contributed by atoms with Crippen LogP contribution in [0.2, 0.25) is 0 Å². The molecular formula is C9H14O2. The molecule has 0 bridgehead atoms. The van der Waals surface area contributed by atoms with E-state index in [4.69, 9.17) is 0 Å². The Morgan fingerprint density at radius 3 is 2.64 bits per heavy atom. The van der Waals surface area contributed by atoms with Gasteiger partial charge in [-0.3, -0.25) is 0 Å². The summed E-state index contributed by atoms with van der Waals surface area (Å²) in [5.41, 5.74) is 0.715. The van der Waals surface area contributed by atoms with E-state index in [0.29, 0.717) is 12.0 Å². The zero-order valence-electron chi connectivity index (χ0n) is 7.09. The summed E-state index contributed by atoms with van der Waals surface area (Å²) in [7, 11) is 1.39. The van der Waals surface area contributed by atoms with Crippen LogP contribution < -0.4 is 0 Å². The predicted octanol–water partition coefficient (Wildman–Crippen LogP) is 2.07. The van der Waals surface area contributed by atoms with E-state index in [1.54, 1.807) is 6.08 Å². The van der Waals surface area contributed by atoms with Gasteiger partial charge in [0.25, 0.3) is 0 Å². The molecule has 2 nitrogen and oxygen atoms in total. The normalized spacial score (nSPS) is 10.9. The molecule has 0 rings (SSSR count). The fourth-order valence-electron chi connectivity index (χ4n) is 0.729. The van der Waals surface area contributed by atoms with Crippen LogP contribution in [0.5, 0.6) is 0 Å². The Morgan fingerprint density at radius 2 is 2.27 bits per heavy atom. The lowest BCUT2D eigenvalue weighted by Gasteiger charge is -1.99. The number of ether oxygens (including phenoxy) is 1. The van der Waals surface area contributed by atoms with Gasteiger partial charge in [-0.15, -0.1) is 6.58 Å². The summed E-state index contributed by atoms with van der Waals surface area (Å²) in [6.45, 7) is 5.48. The first kappa shape index (κ1) is 9.95. The quantitative estimate of drug-likeness (QED) is 0.352. The van der Waals surface area contributed by atoms with Gasteiger partial charge in [-0.1, -0.05) is 19.1 Å². The van der Waals surface area contributed by atoms with Crippen molar-refractivity contribution in [3.05, 3.63) is 24.3 Å². The van der Waals surface area contributed by atoms with Crippen LogP contribution in [0, 0.1) is 0 Å². The van der Waals surface area contributed by atoms with E-state index in [1.807, 2.05) is 13.0 Å². The van der Waals surface area contributed by atoms with Gasteiger partial charge in [0, 0.05) is 5.57 Å². The first-order valence-electron chi connectivity index (χ1n) is 3.64. The largest absolute Gasteiger partial charge is 0.466 e. The van der Waals surface area contributed by atoms with Gasteiger partial charge in [0.05, 0.1) is 7.11 Å². The molecule has 11 heavy (non-hydrogen) atoms. The zero-order chi connectivity index (χ0) is 8.69. The van der Waals surface area contributed by atoms with Crippen LogP contribution in [-0.2, 0) is 9.53 Å². The number of esters is 1. The van der Waals surface area contributed by atoms with E-state index in [9.17, 15) is 4.79 Å². The third kappa shape index (κ3) is 3.61. The fourth-order valence-corrected chi connectivity index (χ4v) is 0.729. The summed E-state index contributed by atoms with van der Waals surface area (Å²) in [4.78, 5) is 10.9. The molecule has 0 amide bonds. The van der Waals surface area contributed by atoms with Crippen molar-refractivity contribution in [3.8, 4) is 0 Å². The van der Waals surface area contributed by atoms with Crippen LogP contribution in [0.25, 0.3) is 0 Å². The number of carbonyl (C=O) groups is 1. The van der Waals surface area contributed by atoms with Crippen molar-refractivity contribution in [2.45, 2.75) is 19.8 Å². The maximum atomic E-state index is 10.9. The lowest BCUT2D eigenvalue weighted by molar-refractivity contribution is -0.136. The Kier molecular flexibility index (Phi) is 5.17. The number of hydrogen-bond donors (Lipinski definition) is 0. The number of allylic oxidation sites excluding steroid dienone is 2. The first-order chi connectivity index (χ1) is 5.26. The van der Waals surface area contributed by atoms with Crippen LogP contribution in [0.15, 0.2) is 24.3 Å². The van der Waals surface area contributed by atoms with Gasteiger partial charge in [-0.2, -0.15) is 0 Å². The standard InChI is InChI=1S/C9H14O2/c1-4-6-7-8(5-2)9(10)11-3/h4,7H,1,5-6H2,2-3H3. The average molecular weight is 154 g/mol. The molecule has 0 radical (unpaired) electrons. The van der Waals surface area contributed by atoms with Crippen LogP contribution >= 0.6 is 0 Å². The molecule has 0 atom stereocenters. The molecule has 0 N–H and O–H groups in total. The van der Waals surface area contributed by atoms with Crippen molar-refractivity contribution in [1.29, 1.82) is 0 Å². The van der Waals surface area contributed by atoms with Gasteiger partial charge < -0.3 is 4.74 Å². The Morgan fingerprint density at radius 1 is 1.64 bits per heavy atom. The average Bonchev–Trinajstić information content (AvgIpc) is 2.05. The summed E-state index contributed by atoms with van der Waals surface area (Å²) in [6, 6.07) is 0. The fraction of sp³-hybridized carbons (Fsp3) is 0.444. The monoisotopic (exact) mass is 154 g/mol. The minimum Gasteiger partial charge on any atom is -0.466 e. The smallest absolute Gasteiger partial charge is 0.333 e. The van der Waals surface area contributed by atoms with Crippen LogP contribution in [0.1, 0.15) is 19.8 Å². The van der Waals surface area contributed by atoms with Crippen molar-refractivity contribution in [2.75, 3.05) is 7.11 Å². The maximum Gasteiger partial charge on any atom is 0.333 e. The van der Waals surface area contributed by atoms with E-state index in [0.717, 1.165) is 6.42 Å². The van der Waals surface area contributed by atoms with Gasteiger partial charge in [0.15, 0.2) is 0 Å². The van der Waals surface area contributed by atoms with Crippen molar-refractivity contribution in [2.24, 2.45) is 0 Å². The van der Waals surface area contributed by atoms with E-state index in [-0.39, 0.29) is 5.97 Å². The van der Waals surface area contributed by atoms with Gasteiger partial charge >= 0.3 is 5.97 Å². The molecule has 0 aliphatic carbocycles. The number of rotatable bonds is 4. The van der Waals surface area contributed by atoms with Gasteiger partial charge in [0.1, 0.15) is 0 Å². The highest BCUT2D eigenvalue weighted by atomic mass is 16.5. The molecule has 0 aromatic heterocycles.